The van der Waals surface area contributed by atoms with E-state index in [2.05, 4.69) is 0 Å². The maximum atomic E-state index is 10.5. The Bertz CT molecular complexity index is 352. The van der Waals surface area contributed by atoms with E-state index in [9.17, 15) is 25.2 Å². The highest BCUT2D eigenvalue weighted by atomic mass is 16.7. The molecule has 6 N–H and O–H groups in total. The Morgan fingerprint density at radius 1 is 1.33 bits per heavy atom. The van der Waals surface area contributed by atoms with Gasteiger partial charge in [-0.05, 0) is 12.5 Å². The van der Waals surface area contributed by atoms with Crippen molar-refractivity contribution in [2.45, 2.75) is 37.1 Å². The van der Waals surface area contributed by atoms with E-state index in [1.807, 2.05) is 0 Å². The lowest BCUT2D eigenvalue weighted by Crippen LogP contribution is -2.65. The molecule has 0 radical (unpaired) electrons. The Morgan fingerprint density at radius 2 is 1.89 bits per heavy atom. The molecule has 0 aliphatic carbocycles. The highest BCUT2D eigenvalue weighted by molar-refractivity contribution is 5.80. The molecule has 0 bridgehead atoms. The predicted molar refractivity (Wildman–Crippen MR) is 56.3 cm³/mol. The first-order valence-electron chi connectivity index (χ1n) is 5.21. The molecule has 0 spiro atoms. The molecular weight excluding hydrogens is 248 g/mol. The molecule has 8 heteroatoms. The van der Waals surface area contributed by atoms with Crippen molar-refractivity contribution in [2.24, 2.45) is 0 Å². The van der Waals surface area contributed by atoms with Crippen LogP contribution in [0.2, 0.25) is 0 Å². The number of carboxylic acids is 1. The number of aliphatic hydroxyl groups is 5. The molecule has 1 aliphatic heterocycles. The molecule has 1 unspecified atom stereocenters. The minimum absolute atomic E-state index is 0.271. The molecule has 0 saturated carbocycles. The van der Waals surface area contributed by atoms with Crippen molar-refractivity contribution in [3.8, 4) is 0 Å². The van der Waals surface area contributed by atoms with Gasteiger partial charge in [-0.2, -0.15) is 0 Å². The lowest BCUT2D eigenvalue weighted by molar-refractivity contribution is -0.331. The van der Waals surface area contributed by atoms with Gasteiger partial charge < -0.3 is 35.4 Å². The van der Waals surface area contributed by atoms with E-state index in [1.165, 1.54) is 6.92 Å². The molecule has 0 aromatic heterocycles. The van der Waals surface area contributed by atoms with Crippen LogP contribution in [-0.2, 0) is 9.53 Å². The second-order valence-electron chi connectivity index (χ2n) is 4.13. The van der Waals surface area contributed by atoms with Crippen molar-refractivity contribution in [3.05, 3.63) is 11.6 Å². The standard InChI is InChI=1S/C10H16O8/c1-4(2-6(12)13)10(17)9(16)8(15)7(14)5(3-11)18-10/h2,5,7-9,11,14-17H,3H2,1H3,(H,12,13)/t5-,7-,8+,9-,10?/m1/s1. The van der Waals surface area contributed by atoms with Gasteiger partial charge in [0.25, 0.3) is 0 Å². The first kappa shape index (κ1) is 15.0. The monoisotopic (exact) mass is 264 g/mol. The summed E-state index contributed by atoms with van der Waals surface area (Å²) in [6.07, 6.45) is -6.06. The van der Waals surface area contributed by atoms with Gasteiger partial charge in [-0.3, -0.25) is 0 Å². The molecule has 0 aromatic rings. The van der Waals surface area contributed by atoms with Crippen molar-refractivity contribution in [1.82, 2.24) is 0 Å². The number of aliphatic carboxylic acids is 1. The van der Waals surface area contributed by atoms with Crippen LogP contribution in [-0.4, -0.2) is 73.4 Å². The van der Waals surface area contributed by atoms with Crippen LogP contribution in [0.4, 0.5) is 0 Å². The summed E-state index contributed by atoms with van der Waals surface area (Å²) in [4.78, 5) is 10.5. The third-order valence-corrected chi connectivity index (χ3v) is 2.87. The summed E-state index contributed by atoms with van der Waals surface area (Å²) in [7, 11) is 0. The lowest BCUT2D eigenvalue weighted by Gasteiger charge is -2.45. The minimum Gasteiger partial charge on any atom is -0.478 e. The molecule has 1 saturated heterocycles. The number of aliphatic hydroxyl groups excluding tert-OH is 4. The van der Waals surface area contributed by atoms with Crippen molar-refractivity contribution in [2.75, 3.05) is 6.61 Å². The Morgan fingerprint density at radius 3 is 2.33 bits per heavy atom. The fraction of sp³-hybridized carbons (Fsp3) is 0.700. The van der Waals surface area contributed by atoms with Gasteiger partial charge >= 0.3 is 5.97 Å². The smallest absolute Gasteiger partial charge is 0.328 e. The first-order valence-corrected chi connectivity index (χ1v) is 5.21. The molecule has 104 valence electrons. The highest BCUT2D eigenvalue weighted by Crippen LogP contribution is 2.33. The van der Waals surface area contributed by atoms with Crippen molar-refractivity contribution in [1.29, 1.82) is 0 Å². The van der Waals surface area contributed by atoms with E-state index in [-0.39, 0.29) is 5.57 Å². The number of ether oxygens (including phenoxy) is 1. The van der Waals surface area contributed by atoms with Crippen LogP contribution in [0.15, 0.2) is 11.6 Å². The van der Waals surface area contributed by atoms with Crippen LogP contribution >= 0.6 is 0 Å². The summed E-state index contributed by atoms with van der Waals surface area (Å²) in [5, 5.41) is 56.2. The van der Waals surface area contributed by atoms with Crippen molar-refractivity contribution >= 4 is 5.97 Å². The van der Waals surface area contributed by atoms with Gasteiger partial charge in [-0.1, -0.05) is 0 Å². The van der Waals surface area contributed by atoms with Crippen LogP contribution in [0.25, 0.3) is 0 Å². The first-order chi connectivity index (χ1) is 8.24. The van der Waals surface area contributed by atoms with Crippen molar-refractivity contribution in [3.63, 3.8) is 0 Å². The van der Waals surface area contributed by atoms with E-state index < -0.39 is 42.8 Å². The van der Waals surface area contributed by atoms with Crippen LogP contribution in [0.1, 0.15) is 6.92 Å². The molecule has 0 aromatic carbocycles. The van der Waals surface area contributed by atoms with Gasteiger partial charge in [-0.15, -0.1) is 0 Å². The van der Waals surface area contributed by atoms with Crippen LogP contribution in [0.3, 0.4) is 0 Å². The largest absolute Gasteiger partial charge is 0.478 e. The summed E-state index contributed by atoms with van der Waals surface area (Å²) < 4.78 is 4.89. The Labute approximate surface area is 102 Å². The van der Waals surface area contributed by atoms with Gasteiger partial charge in [0.1, 0.15) is 24.4 Å². The number of carbonyl (C=O) groups is 1. The zero-order chi connectivity index (χ0) is 14.1. The van der Waals surface area contributed by atoms with Crippen LogP contribution in [0, 0.1) is 0 Å². The molecule has 1 aliphatic rings. The van der Waals surface area contributed by atoms with Gasteiger partial charge in [0, 0.05) is 6.08 Å². The SMILES string of the molecule is CC(=CC(=O)O)C1(O)O[C@H](CO)[C@@H](O)[C@H](O)[C@H]1O. The maximum absolute atomic E-state index is 10.5. The number of hydrogen-bond acceptors (Lipinski definition) is 7. The molecule has 5 atom stereocenters. The van der Waals surface area contributed by atoms with E-state index >= 15 is 0 Å². The molecule has 8 nitrogen and oxygen atoms in total. The molecule has 1 fully saturated rings. The molecule has 0 amide bonds. The van der Waals surface area contributed by atoms with Gasteiger partial charge in [0.2, 0.25) is 5.79 Å². The summed E-state index contributed by atoms with van der Waals surface area (Å²) in [6, 6.07) is 0. The fourth-order valence-electron chi connectivity index (χ4n) is 1.77. The van der Waals surface area contributed by atoms with Crippen LogP contribution in [0.5, 0.6) is 0 Å². The third-order valence-electron chi connectivity index (χ3n) is 2.87. The Kier molecular flexibility index (Phi) is 4.43. The minimum atomic E-state index is -2.48. The van der Waals surface area contributed by atoms with Gasteiger partial charge in [-0.25, -0.2) is 4.79 Å². The second-order valence-corrected chi connectivity index (χ2v) is 4.13. The summed E-state index contributed by atoms with van der Waals surface area (Å²) >= 11 is 0. The van der Waals surface area contributed by atoms with E-state index in [0.29, 0.717) is 6.08 Å². The molecule has 18 heavy (non-hydrogen) atoms. The Balaban J connectivity index is 3.09. The topological polar surface area (TPSA) is 148 Å². The van der Waals surface area contributed by atoms with E-state index in [0.717, 1.165) is 0 Å². The number of rotatable bonds is 3. The van der Waals surface area contributed by atoms with Gasteiger partial charge in [0.05, 0.1) is 6.61 Å². The normalized spacial score (nSPS) is 41.8. The number of carboxylic acid groups (broad SMARTS) is 1. The number of hydrogen-bond donors (Lipinski definition) is 6. The van der Waals surface area contributed by atoms with Gasteiger partial charge in [0.15, 0.2) is 0 Å². The van der Waals surface area contributed by atoms with E-state index in [4.69, 9.17) is 14.9 Å². The molecular formula is C10H16O8. The zero-order valence-corrected chi connectivity index (χ0v) is 9.59. The molecule has 1 heterocycles. The van der Waals surface area contributed by atoms with Crippen LogP contribution < -0.4 is 0 Å². The summed E-state index contributed by atoms with van der Waals surface area (Å²) in [6.45, 7) is 0.462. The molecule has 1 rings (SSSR count). The average Bonchev–Trinajstić information content (AvgIpc) is 2.30. The Hall–Kier alpha value is -1.03. The summed E-state index contributed by atoms with van der Waals surface area (Å²) in [5.41, 5.74) is -0.271. The second kappa shape index (κ2) is 5.31. The highest BCUT2D eigenvalue weighted by Gasteiger charge is 2.53. The zero-order valence-electron chi connectivity index (χ0n) is 9.59. The summed E-state index contributed by atoms with van der Waals surface area (Å²) in [5.74, 6) is -3.86. The quantitative estimate of drug-likeness (QED) is 0.299. The van der Waals surface area contributed by atoms with E-state index in [1.54, 1.807) is 0 Å². The fourth-order valence-corrected chi connectivity index (χ4v) is 1.77. The predicted octanol–water partition coefficient (Wildman–Crippen LogP) is -2.82. The third kappa shape index (κ3) is 2.53. The lowest BCUT2D eigenvalue weighted by atomic mass is 9.88. The average molecular weight is 264 g/mol. The maximum Gasteiger partial charge on any atom is 0.328 e. The van der Waals surface area contributed by atoms with Crippen molar-refractivity contribution < 1.29 is 40.2 Å².